The molecule has 0 aliphatic rings. The van der Waals surface area contributed by atoms with Crippen molar-refractivity contribution in [3.05, 3.63) is 34.3 Å². The van der Waals surface area contributed by atoms with Crippen molar-refractivity contribution in [3.63, 3.8) is 0 Å². The van der Waals surface area contributed by atoms with E-state index >= 15 is 0 Å². The molecule has 3 N–H and O–H groups in total. The Hall–Kier alpha value is -0.280. The molecule has 4 heteroatoms. The van der Waals surface area contributed by atoms with Crippen molar-refractivity contribution < 1.29 is 5.11 Å². The molecule has 0 aliphatic carbocycles. The van der Waals surface area contributed by atoms with Gasteiger partial charge < -0.3 is 10.8 Å². The van der Waals surface area contributed by atoms with Gasteiger partial charge in [-0.2, -0.15) is 0 Å². The van der Waals surface area contributed by atoms with Gasteiger partial charge in [0.1, 0.15) is 0 Å². The van der Waals surface area contributed by atoms with Gasteiger partial charge in [-0.1, -0.05) is 37.6 Å². The molecule has 0 fully saturated rings. The molecular weight excluding hydrogens is 245 g/mol. The molecule has 0 aromatic heterocycles. The minimum Gasteiger partial charge on any atom is -0.391 e. The molecule has 2 atom stereocenters. The summed E-state index contributed by atoms with van der Waals surface area (Å²) in [5.41, 5.74) is 7.85. The van der Waals surface area contributed by atoms with E-state index in [4.69, 9.17) is 17.3 Å². The molecule has 0 radical (unpaired) electrons. The first-order valence-corrected chi connectivity index (χ1v) is 5.51. The van der Waals surface area contributed by atoms with Gasteiger partial charge in [-0.25, -0.2) is 0 Å². The van der Waals surface area contributed by atoms with Crippen LogP contribution in [-0.4, -0.2) is 11.2 Å². The standard InChI is InChI=1S/C12H18ClNO.ClH/c1-7(2)12(15)11(14)9-5-4-8(3)10(13)6-9;/h4-7,11-12,15H,14H2,1-3H3;1H/t11-,12+;/m1./s1. The minimum atomic E-state index is -0.538. The van der Waals surface area contributed by atoms with Crippen LogP contribution in [0.25, 0.3) is 0 Å². The van der Waals surface area contributed by atoms with E-state index < -0.39 is 6.10 Å². The molecule has 1 rings (SSSR count). The second-order valence-corrected chi connectivity index (χ2v) is 4.68. The van der Waals surface area contributed by atoms with Crippen molar-refractivity contribution in [2.45, 2.75) is 32.9 Å². The molecule has 0 heterocycles. The maximum absolute atomic E-state index is 9.84. The summed E-state index contributed by atoms with van der Waals surface area (Å²) < 4.78 is 0. The van der Waals surface area contributed by atoms with Crippen LogP contribution in [0, 0.1) is 12.8 Å². The van der Waals surface area contributed by atoms with E-state index in [0.717, 1.165) is 11.1 Å². The highest BCUT2D eigenvalue weighted by Crippen LogP contribution is 2.24. The first kappa shape index (κ1) is 15.7. The molecule has 0 spiro atoms. The predicted octanol–water partition coefficient (Wildman–Crippen LogP) is 3.09. The Morgan fingerprint density at radius 3 is 2.31 bits per heavy atom. The molecule has 16 heavy (non-hydrogen) atoms. The lowest BCUT2D eigenvalue weighted by molar-refractivity contribution is 0.0979. The van der Waals surface area contributed by atoms with Gasteiger partial charge in [0, 0.05) is 5.02 Å². The van der Waals surface area contributed by atoms with Crippen LogP contribution < -0.4 is 5.73 Å². The highest BCUT2D eigenvalue weighted by molar-refractivity contribution is 6.31. The van der Waals surface area contributed by atoms with Crippen LogP contribution in [0.5, 0.6) is 0 Å². The first-order valence-electron chi connectivity index (χ1n) is 5.13. The van der Waals surface area contributed by atoms with E-state index in [0.29, 0.717) is 5.02 Å². The monoisotopic (exact) mass is 263 g/mol. The number of aliphatic hydroxyl groups excluding tert-OH is 1. The lowest BCUT2D eigenvalue weighted by Gasteiger charge is -2.22. The second kappa shape index (κ2) is 6.45. The van der Waals surface area contributed by atoms with Gasteiger partial charge in [0.05, 0.1) is 12.1 Å². The summed E-state index contributed by atoms with van der Waals surface area (Å²) in [4.78, 5) is 0. The Kier molecular flexibility index (Phi) is 6.34. The van der Waals surface area contributed by atoms with E-state index in [2.05, 4.69) is 0 Å². The summed E-state index contributed by atoms with van der Waals surface area (Å²) in [7, 11) is 0. The molecule has 0 amide bonds. The fraction of sp³-hybridized carbons (Fsp3) is 0.500. The van der Waals surface area contributed by atoms with Crippen LogP contribution in [0.2, 0.25) is 5.02 Å². The highest BCUT2D eigenvalue weighted by atomic mass is 35.5. The van der Waals surface area contributed by atoms with Crippen LogP contribution in [-0.2, 0) is 0 Å². The van der Waals surface area contributed by atoms with E-state index in [1.807, 2.05) is 39.0 Å². The van der Waals surface area contributed by atoms with Gasteiger partial charge in [0.2, 0.25) is 0 Å². The summed E-state index contributed by atoms with van der Waals surface area (Å²) in [6.45, 7) is 5.83. The van der Waals surface area contributed by atoms with E-state index in [-0.39, 0.29) is 24.4 Å². The van der Waals surface area contributed by atoms with E-state index in [1.54, 1.807) is 0 Å². The number of aryl methyl sites for hydroxylation is 1. The van der Waals surface area contributed by atoms with Crippen LogP contribution in [0.4, 0.5) is 0 Å². The third-order valence-corrected chi connectivity index (χ3v) is 3.04. The fourth-order valence-electron chi connectivity index (χ4n) is 1.43. The molecular formula is C12H19Cl2NO. The number of nitrogens with two attached hydrogens (primary N) is 1. The highest BCUT2D eigenvalue weighted by Gasteiger charge is 2.20. The predicted molar refractivity (Wildman–Crippen MR) is 71.2 cm³/mol. The number of hydrogen-bond donors (Lipinski definition) is 2. The largest absolute Gasteiger partial charge is 0.391 e. The van der Waals surface area contributed by atoms with Crippen molar-refractivity contribution in [1.82, 2.24) is 0 Å². The van der Waals surface area contributed by atoms with Crippen molar-refractivity contribution in [2.24, 2.45) is 11.7 Å². The molecule has 0 saturated carbocycles. The van der Waals surface area contributed by atoms with Crippen molar-refractivity contribution >= 4 is 24.0 Å². The summed E-state index contributed by atoms with van der Waals surface area (Å²) in [5.74, 6) is 0.139. The maximum Gasteiger partial charge on any atom is 0.0755 e. The number of benzene rings is 1. The lowest BCUT2D eigenvalue weighted by Crippen LogP contribution is -2.30. The van der Waals surface area contributed by atoms with Crippen molar-refractivity contribution in [3.8, 4) is 0 Å². The minimum absolute atomic E-state index is 0. The Balaban J connectivity index is 0.00000225. The smallest absolute Gasteiger partial charge is 0.0755 e. The SMILES string of the molecule is Cc1ccc([C@@H](N)[C@@H](O)C(C)C)cc1Cl.Cl. The van der Waals surface area contributed by atoms with E-state index in [9.17, 15) is 5.11 Å². The number of aliphatic hydroxyl groups is 1. The van der Waals surface area contributed by atoms with Crippen LogP contribution >= 0.6 is 24.0 Å². The van der Waals surface area contributed by atoms with Gasteiger partial charge in [0.25, 0.3) is 0 Å². The Morgan fingerprint density at radius 2 is 1.88 bits per heavy atom. The molecule has 1 aromatic carbocycles. The number of rotatable bonds is 3. The maximum atomic E-state index is 9.84. The average Bonchev–Trinajstić information content (AvgIpc) is 2.19. The number of hydrogen-bond acceptors (Lipinski definition) is 2. The summed E-state index contributed by atoms with van der Waals surface area (Å²) in [6.07, 6.45) is -0.538. The van der Waals surface area contributed by atoms with Gasteiger partial charge in [0.15, 0.2) is 0 Å². The third-order valence-electron chi connectivity index (χ3n) is 2.63. The fourth-order valence-corrected chi connectivity index (χ4v) is 1.62. The van der Waals surface area contributed by atoms with Gasteiger partial charge in [-0.3, -0.25) is 0 Å². The van der Waals surface area contributed by atoms with Crippen LogP contribution in [0.1, 0.15) is 31.0 Å². The summed E-state index contributed by atoms with van der Waals surface area (Å²) in [6, 6.07) is 5.29. The Morgan fingerprint density at radius 1 is 1.31 bits per heavy atom. The molecule has 0 unspecified atom stereocenters. The lowest BCUT2D eigenvalue weighted by atomic mass is 9.94. The third kappa shape index (κ3) is 3.63. The van der Waals surface area contributed by atoms with Crippen molar-refractivity contribution in [1.29, 1.82) is 0 Å². The zero-order valence-corrected chi connectivity index (χ0v) is 11.3. The quantitative estimate of drug-likeness (QED) is 0.881. The first-order chi connectivity index (χ1) is 6.93. The molecule has 0 bridgehead atoms. The number of halogens is 2. The molecule has 1 aromatic rings. The molecule has 2 nitrogen and oxygen atoms in total. The second-order valence-electron chi connectivity index (χ2n) is 4.27. The molecule has 0 aliphatic heterocycles. The normalized spacial score (nSPS) is 14.4. The average molecular weight is 264 g/mol. The van der Waals surface area contributed by atoms with Gasteiger partial charge in [-0.15, -0.1) is 12.4 Å². The zero-order valence-electron chi connectivity index (χ0n) is 9.77. The van der Waals surface area contributed by atoms with Gasteiger partial charge >= 0.3 is 0 Å². The van der Waals surface area contributed by atoms with E-state index in [1.165, 1.54) is 0 Å². The summed E-state index contributed by atoms with van der Waals surface area (Å²) >= 11 is 6.00. The van der Waals surface area contributed by atoms with Crippen LogP contribution in [0.15, 0.2) is 18.2 Å². The molecule has 0 saturated heterocycles. The van der Waals surface area contributed by atoms with Gasteiger partial charge in [-0.05, 0) is 30.0 Å². The Labute approximate surface area is 108 Å². The Bertz CT molecular complexity index is 342. The topological polar surface area (TPSA) is 46.2 Å². The summed E-state index contributed by atoms with van der Waals surface area (Å²) in [5, 5.41) is 10.5. The van der Waals surface area contributed by atoms with Crippen LogP contribution in [0.3, 0.4) is 0 Å². The van der Waals surface area contributed by atoms with Crippen molar-refractivity contribution in [2.75, 3.05) is 0 Å². The molecule has 92 valence electrons. The zero-order chi connectivity index (χ0) is 11.6.